The van der Waals surface area contributed by atoms with E-state index in [9.17, 15) is 4.79 Å². The number of amides is 1. The number of hydrogen-bond donors (Lipinski definition) is 2. The number of carbonyl (C=O) groups is 1. The van der Waals surface area contributed by atoms with Gasteiger partial charge in [-0.2, -0.15) is 11.8 Å². The largest absolute Gasteiger partial charge is 0.326 e. The monoisotopic (exact) mass is 364 g/mol. The van der Waals surface area contributed by atoms with Gasteiger partial charge in [-0.15, -0.1) is 12.4 Å². The minimum atomic E-state index is 0. The number of halogens is 1. The Labute approximate surface area is 152 Å². The Kier molecular flexibility index (Phi) is 7.02. The molecule has 0 radical (unpaired) electrons. The van der Waals surface area contributed by atoms with Crippen LogP contribution in [0.3, 0.4) is 0 Å². The van der Waals surface area contributed by atoms with E-state index in [0.717, 1.165) is 40.8 Å². The lowest BCUT2D eigenvalue weighted by molar-refractivity contribution is -0.116. The van der Waals surface area contributed by atoms with Crippen LogP contribution in [0.5, 0.6) is 0 Å². The summed E-state index contributed by atoms with van der Waals surface area (Å²) in [7, 11) is 0. The number of aromatic nitrogens is 2. The molecule has 2 aromatic rings. The minimum absolute atomic E-state index is 0. The maximum absolute atomic E-state index is 12.2. The van der Waals surface area contributed by atoms with Gasteiger partial charge in [-0.25, -0.2) is 9.97 Å². The van der Waals surface area contributed by atoms with Crippen LogP contribution in [0.25, 0.3) is 11.3 Å². The third-order valence-corrected chi connectivity index (χ3v) is 4.78. The van der Waals surface area contributed by atoms with E-state index in [1.165, 1.54) is 0 Å². The van der Waals surface area contributed by atoms with Gasteiger partial charge in [-0.1, -0.05) is 12.1 Å². The fourth-order valence-corrected chi connectivity index (χ4v) is 3.51. The molecule has 128 valence electrons. The summed E-state index contributed by atoms with van der Waals surface area (Å²) in [4.78, 5) is 20.7. The fourth-order valence-electron chi connectivity index (χ4n) is 2.56. The number of aryl methyl sites for hydroxylation is 1. The Balaban J connectivity index is 0.00000208. The van der Waals surface area contributed by atoms with Gasteiger partial charge in [0.2, 0.25) is 5.91 Å². The highest BCUT2D eigenvalue weighted by molar-refractivity contribution is 7.99. The number of anilines is 1. The van der Waals surface area contributed by atoms with Crippen molar-refractivity contribution in [2.24, 2.45) is 0 Å². The summed E-state index contributed by atoms with van der Waals surface area (Å²) >= 11 is 1.90. The molecule has 2 N–H and O–H groups in total. The molecule has 0 saturated carbocycles. The first kappa shape index (κ1) is 18.7. The van der Waals surface area contributed by atoms with Gasteiger partial charge in [-0.3, -0.25) is 4.79 Å². The van der Waals surface area contributed by atoms with E-state index in [0.29, 0.717) is 6.42 Å². The summed E-state index contributed by atoms with van der Waals surface area (Å²) in [6.45, 7) is 2.84. The zero-order valence-corrected chi connectivity index (χ0v) is 15.1. The molecule has 1 aromatic heterocycles. The van der Waals surface area contributed by atoms with Crippen LogP contribution in [0.4, 0.5) is 5.69 Å². The molecule has 1 aliphatic heterocycles. The van der Waals surface area contributed by atoms with Gasteiger partial charge < -0.3 is 10.6 Å². The molecule has 1 aliphatic rings. The standard InChI is InChI=1S/C17H20N4OS.ClH/c1-12-18-6-5-16(20-12)13-3-2-4-14(9-13)21-17(22)10-15-11-23-8-7-19-15;/h2-6,9,15,19H,7-8,10-11H2,1H3,(H,21,22);1H. The van der Waals surface area contributed by atoms with Crippen LogP contribution in [0.1, 0.15) is 12.2 Å². The summed E-state index contributed by atoms with van der Waals surface area (Å²) in [6.07, 6.45) is 2.25. The molecule has 0 aliphatic carbocycles. The zero-order valence-electron chi connectivity index (χ0n) is 13.5. The van der Waals surface area contributed by atoms with Gasteiger partial charge in [0.25, 0.3) is 0 Å². The number of rotatable bonds is 4. The van der Waals surface area contributed by atoms with Gasteiger partial charge in [-0.05, 0) is 25.1 Å². The number of benzene rings is 1. The van der Waals surface area contributed by atoms with E-state index in [1.807, 2.05) is 49.0 Å². The lowest BCUT2D eigenvalue weighted by atomic mass is 10.1. The zero-order chi connectivity index (χ0) is 16.1. The Morgan fingerprint density at radius 3 is 3.04 bits per heavy atom. The predicted octanol–water partition coefficient (Wildman–Crippen LogP) is 2.91. The van der Waals surface area contributed by atoms with E-state index >= 15 is 0 Å². The van der Waals surface area contributed by atoms with Gasteiger partial charge in [0.05, 0.1) is 5.69 Å². The summed E-state index contributed by atoms with van der Waals surface area (Å²) in [6, 6.07) is 9.90. The Hall–Kier alpha value is -1.63. The molecular formula is C17H21ClN4OS. The summed E-state index contributed by atoms with van der Waals surface area (Å²) in [5.74, 6) is 2.89. The third kappa shape index (κ3) is 5.19. The third-order valence-electron chi connectivity index (χ3n) is 3.65. The van der Waals surface area contributed by atoms with Crippen molar-refractivity contribution in [3.05, 3.63) is 42.4 Å². The first-order chi connectivity index (χ1) is 11.2. The molecule has 1 unspecified atom stereocenters. The Morgan fingerprint density at radius 2 is 2.29 bits per heavy atom. The lowest BCUT2D eigenvalue weighted by Crippen LogP contribution is -2.39. The average molecular weight is 365 g/mol. The van der Waals surface area contributed by atoms with E-state index in [-0.39, 0.29) is 24.4 Å². The minimum Gasteiger partial charge on any atom is -0.326 e. The normalized spacial score (nSPS) is 17.0. The summed E-state index contributed by atoms with van der Waals surface area (Å²) < 4.78 is 0. The number of thioether (sulfide) groups is 1. The van der Waals surface area contributed by atoms with E-state index < -0.39 is 0 Å². The van der Waals surface area contributed by atoms with Crippen LogP contribution in [0.2, 0.25) is 0 Å². The molecule has 1 fully saturated rings. The first-order valence-corrected chi connectivity index (χ1v) is 8.87. The van der Waals surface area contributed by atoms with E-state index in [2.05, 4.69) is 20.6 Å². The highest BCUT2D eigenvalue weighted by Crippen LogP contribution is 2.21. The smallest absolute Gasteiger partial charge is 0.225 e. The second kappa shape index (κ2) is 9.01. The molecule has 7 heteroatoms. The van der Waals surface area contributed by atoms with Crippen molar-refractivity contribution in [1.29, 1.82) is 0 Å². The summed E-state index contributed by atoms with van der Waals surface area (Å²) in [5.41, 5.74) is 2.63. The van der Waals surface area contributed by atoms with Crippen molar-refractivity contribution in [1.82, 2.24) is 15.3 Å². The maximum atomic E-state index is 12.2. The van der Waals surface area contributed by atoms with Gasteiger partial charge in [0.1, 0.15) is 5.82 Å². The van der Waals surface area contributed by atoms with Crippen molar-refractivity contribution in [3.8, 4) is 11.3 Å². The molecule has 1 aromatic carbocycles. The topological polar surface area (TPSA) is 66.9 Å². The molecule has 1 saturated heterocycles. The lowest BCUT2D eigenvalue weighted by Gasteiger charge is -2.22. The van der Waals surface area contributed by atoms with Crippen molar-refractivity contribution in [2.75, 3.05) is 23.4 Å². The number of hydrogen-bond acceptors (Lipinski definition) is 5. The van der Waals surface area contributed by atoms with Crippen LogP contribution in [-0.4, -0.2) is 40.0 Å². The first-order valence-electron chi connectivity index (χ1n) is 7.72. The maximum Gasteiger partial charge on any atom is 0.225 e. The Morgan fingerprint density at radius 1 is 1.42 bits per heavy atom. The molecule has 1 amide bonds. The van der Waals surface area contributed by atoms with Crippen LogP contribution in [0, 0.1) is 6.92 Å². The highest BCUT2D eigenvalue weighted by atomic mass is 35.5. The number of carbonyl (C=O) groups excluding carboxylic acids is 1. The van der Waals surface area contributed by atoms with Gasteiger partial charge >= 0.3 is 0 Å². The summed E-state index contributed by atoms with van der Waals surface area (Å²) in [5, 5.41) is 6.36. The highest BCUT2D eigenvalue weighted by Gasteiger charge is 2.16. The second-order valence-electron chi connectivity index (χ2n) is 5.55. The SMILES string of the molecule is Cc1nccc(-c2cccc(NC(=O)CC3CSCCN3)c2)n1.Cl. The number of nitrogens with zero attached hydrogens (tertiary/aromatic N) is 2. The molecule has 2 heterocycles. The number of nitrogens with one attached hydrogen (secondary N) is 2. The molecule has 5 nitrogen and oxygen atoms in total. The average Bonchev–Trinajstić information content (AvgIpc) is 2.56. The van der Waals surface area contributed by atoms with E-state index in [4.69, 9.17) is 0 Å². The molecular weight excluding hydrogens is 344 g/mol. The predicted molar refractivity (Wildman–Crippen MR) is 102 cm³/mol. The Bertz CT molecular complexity index is 692. The molecule has 24 heavy (non-hydrogen) atoms. The van der Waals surface area contributed by atoms with E-state index in [1.54, 1.807) is 6.20 Å². The van der Waals surface area contributed by atoms with Crippen molar-refractivity contribution in [3.63, 3.8) is 0 Å². The van der Waals surface area contributed by atoms with Crippen molar-refractivity contribution in [2.45, 2.75) is 19.4 Å². The second-order valence-corrected chi connectivity index (χ2v) is 6.70. The van der Waals surface area contributed by atoms with Crippen molar-refractivity contribution < 1.29 is 4.79 Å². The fraction of sp³-hybridized carbons (Fsp3) is 0.353. The van der Waals surface area contributed by atoms with Crippen LogP contribution >= 0.6 is 24.2 Å². The molecule has 0 spiro atoms. The van der Waals surface area contributed by atoms with Crippen molar-refractivity contribution >= 4 is 35.8 Å². The molecule has 0 bridgehead atoms. The van der Waals surface area contributed by atoms with Crippen LogP contribution < -0.4 is 10.6 Å². The van der Waals surface area contributed by atoms with Crippen LogP contribution in [0.15, 0.2) is 36.5 Å². The van der Waals surface area contributed by atoms with Gasteiger partial charge in [0, 0.05) is 48.0 Å². The molecule has 1 atom stereocenters. The molecule has 3 rings (SSSR count). The van der Waals surface area contributed by atoms with Gasteiger partial charge in [0.15, 0.2) is 0 Å². The van der Waals surface area contributed by atoms with Crippen LogP contribution in [-0.2, 0) is 4.79 Å². The quantitative estimate of drug-likeness (QED) is 0.873.